The van der Waals surface area contributed by atoms with E-state index in [1.54, 1.807) is 0 Å². The second-order valence-electron chi connectivity index (χ2n) is 2.61. The van der Waals surface area contributed by atoms with Gasteiger partial charge in [-0.15, -0.1) is 0 Å². The average Bonchev–Trinajstić information content (AvgIpc) is 2.28. The Morgan fingerprint density at radius 1 is 1.31 bits per heavy atom. The van der Waals surface area contributed by atoms with Crippen molar-refractivity contribution in [2.75, 3.05) is 6.54 Å². The highest BCUT2D eigenvalue weighted by Gasteiger charge is 2.22. The van der Waals surface area contributed by atoms with E-state index in [4.69, 9.17) is 0 Å². The molecule has 4 nitrogen and oxygen atoms in total. The summed E-state index contributed by atoms with van der Waals surface area (Å²) in [5.41, 5.74) is 0. The summed E-state index contributed by atoms with van der Waals surface area (Å²) in [6.07, 6.45) is 2.66. The van der Waals surface area contributed by atoms with Gasteiger partial charge in [0.05, 0.1) is 0 Å². The van der Waals surface area contributed by atoms with Crippen LogP contribution in [0, 0.1) is 0 Å². The fourth-order valence-electron chi connectivity index (χ4n) is 0.921. The van der Waals surface area contributed by atoms with Crippen LogP contribution in [0.2, 0.25) is 0 Å². The minimum Gasteiger partial charge on any atom is -0.300 e. The molecule has 1 aliphatic heterocycles. The predicted molar refractivity (Wildman–Crippen MR) is 47.9 cm³/mol. The molecular weight excluding hydrogens is 170 g/mol. The van der Waals surface area contributed by atoms with Crippen molar-refractivity contribution < 1.29 is 14.4 Å². The lowest BCUT2D eigenvalue weighted by molar-refractivity contribution is -0.137. The molecule has 0 aromatic carbocycles. The summed E-state index contributed by atoms with van der Waals surface area (Å²) >= 11 is 0. The Bertz CT molecular complexity index is 250. The van der Waals surface area contributed by atoms with Gasteiger partial charge in [-0.05, 0) is 6.92 Å². The first-order chi connectivity index (χ1) is 5.61. The molecule has 0 aliphatic carbocycles. The lowest BCUT2D eigenvalue weighted by atomic mass is 10.3. The van der Waals surface area contributed by atoms with Gasteiger partial charge in [-0.25, -0.2) is 0 Å². The maximum absolute atomic E-state index is 10.9. The number of carbonyl (C=O) groups is 3. The number of carbonyl (C=O) groups excluding carboxylic acids is 3. The minimum absolute atomic E-state index is 0. The number of rotatable bonds is 3. The molecule has 0 aromatic rings. The molecule has 0 unspecified atom stereocenters. The van der Waals surface area contributed by atoms with Gasteiger partial charge in [0.1, 0.15) is 5.78 Å². The van der Waals surface area contributed by atoms with E-state index in [-0.39, 0.29) is 38.0 Å². The molecular formula is C9H13NO3. The highest BCUT2D eigenvalue weighted by atomic mass is 16.2. The maximum Gasteiger partial charge on any atom is 0.253 e. The third-order valence-corrected chi connectivity index (χ3v) is 1.59. The molecule has 0 aromatic heterocycles. The van der Waals surface area contributed by atoms with E-state index in [0.29, 0.717) is 0 Å². The Morgan fingerprint density at radius 3 is 2.15 bits per heavy atom. The molecule has 0 bridgehead atoms. The summed E-state index contributed by atoms with van der Waals surface area (Å²) in [5.74, 6) is -0.690. The summed E-state index contributed by atoms with van der Waals surface area (Å²) in [6, 6.07) is 0. The van der Waals surface area contributed by atoms with Crippen LogP contribution in [0.5, 0.6) is 0 Å². The van der Waals surface area contributed by atoms with Crippen LogP contribution in [0.4, 0.5) is 0 Å². The number of nitrogens with zero attached hydrogens (tertiary/aromatic N) is 1. The molecule has 2 amide bonds. The van der Waals surface area contributed by atoms with Gasteiger partial charge in [0.2, 0.25) is 0 Å². The highest BCUT2D eigenvalue weighted by Crippen LogP contribution is 2.03. The first-order valence-electron chi connectivity index (χ1n) is 3.64. The van der Waals surface area contributed by atoms with E-state index in [2.05, 4.69) is 0 Å². The molecule has 72 valence electrons. The zero-order valence-electron chi connectivity index (χ0n) is 6.74. The number of hydrogen-bond acceptors (Lipinski definition) is 3. The Morgan fingerprint density at radius 2 is 1.77 bits per heavy atom. The molecule has 0 N–H and O–H groups in total. The highest BCUT2D eigenvalue weighted by molar-refractivity contribution is 6.13. The van der Waals surface area contributed by atoms with Crippen molar-refractivity contribution in [3.63, 3.8) is 0 Å². The van der Waals surface area contributed by atoms with Crippen molar-refractivity contribution >= 4 is 17.6 Å². The number of amides is 2. The second kappa shape index (κ2) is 4.54. The Kier molecular flexibility index (Phi) is 4.04. The predicted octanol–water partition coefficient (Wildman–Crippen LogP) is 0.527. The van der Waals surface area contributed by atoms with E-state index in [9.17, 15) is 14.4 Å². The molecule has 1 heterocycles. The van der Waals surface area contributed by atoms with Gasteiger partial charge in [-0.2, -0.15) is 0 Å². The summed E-state index contributed by atoms with van der Waals surface area (Å²) in [7, 11) is 0. The Labute approximate surface area is 77.2 Å². The van der Waals surface area contributed by atoms with Crippen molar-refractivity contribution in [3.05, 3.63) is 12.2 Å². The summed E-state index contributed by atoms with van der Waals surface area (Å²) in [4.78, 5) is 33.4. The van der Waals surface area contributed by atoms with Crippen LogP contribution >= 0.6 is 0 Å². The quantitative estimate of drug-likeness (QED) is 0.599. The molecule has 0 saturated carbocycles. The van der Waals surface area contributed by atoms with E-state index < -0.39 is 0 Å². The fraction of sp³-hybridized carbons (Fsp3) is 0.444. The SMILES string of the molecule is C.CC(=O)CCN1C(=O)C=CC1=O. The maximum atomic E-state index is 10.9. The van der Waals surface area contributed by atoms with Crippen molar-refractivity contribution in [1.82, 2.24) is 4.90 Å². The van der Waals surface area contributed by atoms with Crippen LogP contribution in [-0.4, -0.2) is 29.0 Å². The van der Waals surface area contributed by atoms with Crippen LogP contribution in [0.25, 0.3) is 0 Å². The first-order valence-corrected chi connectivity index (χ1v) is 3.64. The van der Waals surface area contributed by atoms with Crippen molar-refractivity contribution in [1.29, 1.82) is 0 Å². The van der Waals surface area contributed by atoms with Gasteiger partial charge in [0.15, 0.2) is 0 Å². The van der Waals surface area contributed by atoms with Crippen LogP contribution < -0.4 is 0 Å². The Hall–Kier alpha value is -1.45. The number of imide groups is 1. The van der Waals surface area contributed by atoms with Crippen LogP contribution in [0.3, 0.4) is 0 Å². The topological polar surface area (TPSA) is 54.5 Å². The third-order valence-electron chi connectivity index (χ3n) is 1.59. The van der Waals surface area contributed by atoms with Gasteiger partial charge in [-0.1, -0.05) is 7.43 Å². The van der Waals surface area contributed by atoms with Crippen LogP contribution in [0.1, 0.15) is 20.8 Å². The number of Topliss-reactive ketones (excluding diaryl/α,β-unsaturated/α-hetero) is 1. The summed E-state index contributed by atoms with van der Waals surface area (Å²) in [5, 5.41) is 0. The molecule has 0 atom stereocenters. The zero-order valence-corrected chi connectivity index (χ0v) is 6.74. The zero-order chi connectivity index (χ0) is 9.14. The summed E-state index contributed by atoms with van der Waals surface area (Å²) in [6.45, 7) is 1.62. The number of hydrogen-bond donors (Lipinski definition) is 0. The van der Waals surface area contributed by atoms with E-state index >= 15 is 0 Å². The monoisotopic (exact) mass is 183 g/mol. The standard InChI is InChI=1S/C8H9NO3.CH4/c1-6(10)4-5-9-7(11)2-3-8(9)12;/h2-3H,4-5H2,1H3;1H4. The van der Waals surface area contributed by atoms with Gasteiger partial charge in [0, 0.05) is 25.1 Å². The molecule has 0 saturated heterocycles. The van der Waals surface area contributed by atoms with Gasteiger partial charge < -0.3 is 0 Å². The Balaban J connectivity index is 0.00000144. The largest absolute Gasteiger partial charge is 0.300 e. The fourth-order valence-corrected chi connectivity index (χ4v) is 0.921. The molecule has 0 fully saturated rings. The van der Waals surface area contributed by atoms with Gasteiger partial charge >= 0.3 is 0 Å². The average molecular weight is 183 g/mol. The van der Waals surface area contributed by atoms with Gasteiger partial charge in [0.25, 0.3) is 11.8 Å². The van der Waals surface area contributed by atoms with Crippen LogP contribution in [-0.2, 0) is 14.4 Å². The lowest BCUT2D eigenvalue weighted by Crippen LogP contribution is -2.31. The lowest BCUT2D eigenvalue weighted by Gasteiger charge is -2.11. The number of ketones is 1. The molecule has 13 heavy (non-hydrogen) atoms. The molecule has 1 rings (SSSR count). The van der Waals surface area contributed by atoms with Crippen molar-refractivity contribution in [2.45, 2.75) is 20.8 Å². The van der Waals surface area contributed by atoms with Gasteiger partial charge in [-0.3, -0.25) is 19.3 Å². The molecule has 0 radical (unpaired) electrons. The third kappa shape index (κ3) is 2.82. The minimum atomic E-state index is -0.332. The molecule has 4 heteroatoms. The normalized spacial score (nSPS) is 14.7. The molecule has 0 spiro atoms. The van der Waals surface area contributed by atoms with E-state index in [1.165, 1.54) is 19.1 Å². The summed E-state index contributed by atoms with van der Waals surface area (Å²) < 4.78 is 0. The first kappa shape index (κ1) is 11.6. The van der Waals surface area contributed by atoms with Crippen LogP contribution in [0.15, 0.2) is 12.2 Å². The van der Waals surface area contributed by atoms with Crippen molar-refractivity contribution in [3.8, 4) is 0 Å². The van der Waals surface area contributed by atoms with E-state index in [1.807, 2.05) is 0 Å². The smallest absolute Gasteiger partial charge is 0.253 e. The second-order valence-corrected chi connectivity index (χ2v) is 2.61. The van der Waals surface area contributed by atoms with E-state index in [0.717, 1.165) is 4.90 Å². The molecule has 1 aliphatic rings. The van der Waals surface area contributed by atoms with Crippen molar-refractivity contribution in [2.24, 2.45) is 0 Å².